The quantitative estimate of drug-likeness (QED) is 0.00570. The van der Waals surface area contributed by atoms with Crippen molar-refractivity contribution >= 4 is 181 Å². The molecule has 36 heteroatoms. The summed E-state index contributed by atoms with van der Waals surface area (Å²) in [6.07, 6.45) is 29.8. The maximum absolute atomic E-state index is 11.6. The second-order valence-corrected chi connectivity index (χ2v) is 35.8. The van der Waals surface area contributed by atoms with E-state index in [-0.39, 0.29) is 56.8 Å². The van der Waals surface area contributed by atoms with Gasteiger partial charge in [-0.25, -0.2) is 21.9 Å². The molecule has 9 N–H and O–H groups in total. The van der Waals surface area contributed by atoms with Crippen molar-refractivity contribution in [1.82, 2.24) is 27.2 Å². The molecule has 0 bridgehead atoms. The van der Waals surface area contributed by atoms with E-state index in [4.69, 9.17) is 125 Å². The zero-order chi connectivity index (χ0) is 105. The van der Waals surface area contributed by atoms with Crippen LogP contribution in [0.5, 0.6) is 57.5 Å². The van der Waals surface area contributed by atoms with Crippen molar-refractivity contribution < 1.29 is 152 Å². The van der Waals surface area contributed by atoms with E-state index in [1.807, 2.05) is 213 Å². The van der Waals surface area contributed by atoms with Crippen molar-refractivity contribution in [3.63, 3.8) is 0 Å². The second kappa shape index (κ2) is 60.2. The van der Waals surface area contributed by atoms with Crippen LogP contribution in [0, 0.1) is 0 Å². The van der Waals surface area contributed by atoms with Gasteiger partial charge in [0.2, 0.25) is 34.7 Å². The Balaban J connectivity index is 0.000000205. The fourth-order valence-electron chi connectivity index (χ4n) is 13.4. The molecule has 5 heterocycles. The first kappa shape index (κ1) is 117. The van der Waals surface area contributed by atoms with Gasteiger partial charge < -0.3 is 74.8 Å². The Labute approximate surface area is 909 Å². The van der Waals surface area contributed by atoms with Crippen molar-refractivity contribution in [2.75, 3.05) is 40.6 Å². The molecule has 5 amide bonds. The third-order valence-electron chi connectivity index (χ3n) is 20.7. The summed E-state index contributed by atoms with van der Waals surface area (Å²) in [6.45, 7) is 18.7. The molecule has 0 fully saturated rings. The molecular weight excluding hydrogens is 2080 g/mol. The van der Waals surface area contributed by atoms with E-state index >= 15 is 0 Å². The Morgan fingerprint density at radius 1 is 0.291 bits per heavy atom. The van der Waals surface area contributed by atoms with Crippen LogP contribution in [0.25, 0.3) is 85.2 Å². The van der Waals surface area contributed by atoms with E-state index in [0.29, 0.717) is 175 Å². The fraction of sp³-hybridized carbons (Fsp3) is 0.170. The number of likely N-dealkylation sites (N-methyl/N-ethyl adjacent to an activating group) is 1. The van der Waals surface area contributed by atoms with E-state index in [2.05, 4.69) is 37.2 Å². The minimum Gasteiger partial charge on any atom is -0.490 e. The first-order valence-electron chi connectivity index (χ1n) is 45.1. The van der Waals surface area contributed by atoms with Gasteiger partial charge in [-0.05, 0) is 259 Å². The summed E-state index contributed by atoms with van der Waals surface area (Å²) < 4.78 is 90.1. The van der Waals surface area contributed by atoms with E-state index in [1.165, 1.54) is 30.4 Å². The third kappa shape index (κ3) is 35.6. The molecule has 0 unspecified atom stereocenters. The molecule has 0 atom stereocenters. The number of fused-ring (bicyclic) bond motifs is 5. The molecule has 0 saturated carbocycles. The molecule has 758 valence electrons. The van der Waals surface area contributed by atoms with E-state index in [9.17, 15) is 24.0 Å². The number of halogens is 5. The van der Waals surface area contributed by atoms with Crippen molar-refractivity contribution in [2.45, 2.75) is 88.4 Å². The first-order valence-corrected chi connectivity index (χ1v) is 47.8. The number of benzene rings is 10. The molecule has 0 radical (unpaired) electrons. The van der Waals surface area contributed by atoms with Crippen LogP contribution in [0.15, 0.2) is 321 Å². The molecular formula is C112H106Br2Cl3Li2N5O24+2. The van der Waals surface area contributed by atoms with Gasteiger partial charge in [-0.15, -0.1) is 0 Å². The largest absolute Gasteiger partial charge is 1.00 e. The van der Waals surface area contributed by atoms with Crippen molar-refractivity contribution in [2.24, 2.45) is 0 Å². The molecule has 148 heavy (non-hydrogen) atoms. The van der Waals surface area contributed by atoms with Crippen LogP contribution in [-0.4, -0.2) is 90.9 Å². The Morgan fingerprint density at radius 2 is 0.486 bits per heavy atom. The number of rotatable bonds is 38. The maximum Gasteiger partial charge on any atom is 1.00 e. The zero-order valence-electron chi connectivity index (χ0n) is 83.0. The number of hydroxylamine groups is 4. The summed E-state index contributed by atoms with van der Waals surface area (Å²) in [5.41, 5.74) is 21.5. The van der Waals surface area contributed by atoms with Crippen LogP contribution < -0.4 is 112 Å². The van der Waals surface area contributed by atoms with Gasteiger partial charge >= 0.3 is 37.7 Å². The molecule has 0 aliphatic heterocycles. The summed E-state index contributed by atoms with van der Waals surface area (Å²) in [6, 6.07) is 55.8. The Kier molecular flexibility index (Phi) is 47.7. The average molecular weight is 2190 g/mol. The summed E-state index contributed by atoms with van der Waals surface area (Å²) in [5, 5.41) is 43.7. The molecule has 5 aromatic heterocycles. The Bertz CT molecular complexity index is 6570. The molecule has 0 aliphatic carbocycles. The molecule has 10 aromatic carbocycles. The first-order chi connectivity index (χ1) is 70.5. The zero-order valence-corrected chi connectivity index (χ0v) is 88.4. The van der Waals surface area contributed by atoms with Gasteiger partial charge in [0.1, 0.15) is 59.5 Å². The molecule has 15 aromatic rings. The number of methoxy groups -OCH3 is 1. The van der Waals surface area contributed by atoms with E-state index in [1.54, 1.807) is 146 Å². The smallest absolute Gasteiger partial charge is 0.490 e. The Hall–Kier alpha value is -14.2. The summed E-state index contributed by atoms with van der Waals surface area (Å²) in [4.78, 5) is 57.6. The van der Waals surface area contributed by atoms with Gasteiger partial charge in [-0.2, -0.15) is 0 Å². The summed E-state index contributed by atoms with van der Waals surface area (Å²) >= 11 is 24.7. The Morgan fingerprint density at radius 3 is 0.682 bits per heavy atom. The van der Waals surface area contributed by atoms with Crippen LogP contribution in [-0.2, 0) is 57.0 Å². The predicted octanol–water partition coefficient (Wildman–Crippen LogP) is 20.8. The number of carbonyl (C=O) groups excluding carboxylic acids is 5. The number of hydrogen-bond acceptors (Lipinski definition) is 24. The molecule has 0 saturated heterocycles. The van der Waals surface area contributed by atoms with Crippen molar-refractivity contribution in [3.8, 4) is 57.5 Å². The van der Waals surface area contributed by atoms with Gasteiger partial charge in [0.05, 0.1) is 38.4 Å². The normalized spacial score (nSPS) is 10.8. The topological polar surface area (TPSA) is 384 Å². The van der Waals surface area contributed by atoms with Gasteiger partial charge in [0.15, 0.2) is 56.7 Å². The third-order valence-corrected chi connectivity index (χ3v) is 22.5. The van der Waals surface area contributed by atoms with Crippen LogP contribution >= 0.6 is 66.7 Å². The SMILES string of the molecule is CC(C)=CCOc1c(OCc2ccc(Br)cc2)c(/C=C/C(=O)NO)cc2ccoc12.CC(C)=CCOc1c(OCc2ccc(Br)cc2)c(/C=C/C(=O)NO)cc2ccoc12.CC(C)=CCOc1c(OCc2ccc(Cl)cc2)c(/C=C/C(=O)NO)cc2ccoc12.CC(C)=CCOc1c(OCc2ccc(Cl)cc2)c(/C=C/C(=O)NO)cc2ccoc12.CNC(=O)/C=C/c1cc2ccoc2c(OC)c1OCc1ccc(Cl)cc1.[Li+].[Li+]. The minimum absolute atomic E-state index is 0. The van der Waals surface area contributed by atoms with Gasteiger partial charge in [-0.3, -0.25) is 44.8 Å². The predicted molar refractivity (Wildman–Crippen MR) is 571 cm³/mol. The van der Waals surface area contributed by atoms with Crippen molar-refractivity contribution in [3.05, 3.63) is 370 Å². The standard InChI is InChI=1S/2C23H22BrNO5.2C23H22ClNO5.C20H18ClNO4.2Li/c4*1-15(2)9-11-29-23-21-18(10-12-28-21)13-17(5-8-20(26)25-27)22(23)30-14-16-3-6-19(24)7-4-16;1-22-17(23)8-5-14-11-15-9-10-25-18(15)20(24-2)19(14)26-12-13-3-6-16(21)7-4-13;;/h4*3-10,12-13,27H,11,14H2,1-2H3,(H,25,26);3-11H,12H2,1-2H3,(H,22,23);;/q;;;;;2*+1/b5*8-5+;;. The monoisotopic (exact) mass is 2180 g/mol. The molecule has 29 nitrogen and oxygen atoms in total. The number of allylic oxidation sites excluding steroid dienone is 4. The van der Waals surface area contributed by atoms with E-state index < -0.39 is 23.6 Å². The van der Waals surface area contributed by atoms with Crippen LogP contribution in [0.3, 0.4) is 0 Å². The van der Waals surface area contributed by atoms with Gasteiger partial charge in [-0.1, -0.05) is 150 Å². The number of carbonyl (C=O) groups is 5. The van der Waals surface area contributed by atoms with Crippen LogP contribution in [0.2, 0.25) is 15.1 Å². The average Bonchev–Trinajstić information content (AvgIpc) is 1.50. The number of amides is 5. The summed E-state index contributed by atoms with van der Waals surface area (Å²) in [7, 11) is 3.13. The van der Waals surface area contributed by atoms with Gasteiger partial charge in [0.25, 0.3) is 23.6 Å². The van der Waals surface area contributed by atoms with E-state index in [0.717, 1.165) is 86.0 Å². The minimum atomic E-state index is -0.655. The number of hydrogen-bond donors (Lipinski definition) is 9. The number of furan rings is 5. The number of ether oxygens (including phenoxy) is 10. The van der Waals surface area contributed by atoms with Crippen LogP contribution in [0.1, 0.15) is 111 Å². The van der Waals surface area contributed by atoms with Crippen LogP contribution in [0.4, 0.5) is 0 Å². The molecule has 15 rings (SSSR count). The second-order valence-electron chi connectivity index (χ2n) is 32.6. The fourth-order valence-corrected chi connectivity index (χ4v) is 14.3. The van der Waals surface area contributed by atoms with Gasteiger partial charge in [0, 0.05) is 116 Å². The molecule has 0 spiro atoms. The maximum atomic E-state index is 11.6. The molecule has 0 aliphatic rings. The summed E-state index contributed by atoms with van der Waals surface area (Å²) in [5.74, 6) is 1.72. The van der Waals surface area contributed by atoms with Crippen molar-refractivity contribution in [1.29, 1.82) is 0 Å². The number of nitrogens with one attached hydrogen (secondary N) is 5.